The Morgan fingerprint density at radius 3 is 2.45 bits per heavy atom. The smallest absolute Gasteiger partial charge is 0.161 e. The third-order valence-corrected chi connectivity index (χ3v) is 3.91. The molecule has 0 aliphatic heterocycles. The fraction of sp³-hybridized carbons (Fsp3) is 0.941. The molecule has 3 nitrogen and oxygen atoms in total. The molecule has 20 heavy (non-hydrogen) atoms. The van der Waals surface area contributed by atoms with Gasteiger partial charge in [-0.25, -0.2) is 0 Å². The van der Waals surface area contributed by atoms with Crippen LogP contribution in [0.4, 0.5) is 0 Å². The van der Waals surface area contributed by atoms with E-state index in [0.717, 1.165) is 25.7 Å². The second-order valence-corrected chi connectivity index (χ2v) is 5.75. The number of hydrogen-bond acceptors (Lipinski definition) is 3. The molecule has 2 unspecified atom stereocenters. The molecular formula is C17H34O3. The van der Waals surface area contributed by atoms with Crippen LogP contribution in [0.25, 0.3) is 0 Å². The summed E-state index contributed by atoms with van der Waals surface area (Å²) in [5.74, 6) is 0.789. The molecule has 0 aromatic rings. The van der Waals surface area contributed by atoms with Crippen LogP contribution in [0.1, 0.15) is 78.6 Å². The van der Waals surface area contributed by atoms with E-state index >= 15 is 0 Å². The fourth-order valence-corrected chi connectivity index (χ4v) is 2.25. The summed E-state index contributed by atoms with van der Waals surface area (Å²) in [7, 11) is 0. The number of aliphatic hydroxyl groups is 1. The third-order valence-electron chi connectivity index (χ3n) is 3.91. The lowest BCUT2D eigenvalue weighted by Gasteiger charge is -2.18. The van der Waals surface area contributed by atoms with Crippen LogP contribution in [0, 0.1) is 5.92 Å². The van der Waals surface area contributed by atoms with Crippen LogP contribution in [-0.4, -0.2) is 30.2 Å². The number of aliphatic hydroxyl groups excluding tert-OH is 1. The second-order valence-electron chi connectivity index (χ2n) is 5.75. The minimum atomic E-state index is -0.274. The van der Waals surface area contributed by atoms with E-state index in [9.17, 15) is 4.79 Å². The van der Waals surface area contributed by atoms with Gasteiger partial charge in [0.1, 0.15) is 6.10 Å². The predicted molar refractivity (Wildman–Crippen MR) is 83.9 cm³/mol. The molecule has 0 aliphatic carbocycles. The van der Waals surface area contributed by atoms with Crippen LogP contribution in [0.3, 0.4) is 0 Å². The van der Waals surface area contributed by atoms with E-state index in [1.807, 2.05) is 6.92 Å². The fourth-order valence-electron chi connectivity index (χ4n) is 2.25. The Morgan fingerprint density at radius 1 is 1.10 bits per heavy atom. The number of ketones is 1. The number of Topliss-reactive ketones (excluding diaryl/α,β-unsaturated/α-hetero) is 1. The number of ether oxygens (including phenoxy) is 1. The topological polar surface area (TPSA) is 46.5 Å². The predicted octanol–water partition coefficient (Wildman–Crippen LogP) is 4.12. The molecule has 0 heterocycles. The van der Waals surface area contributed by atoms with Gasteiger partial charge < -0.3 is 9.84 Å². The van der Waals surface area contributed by atoms with Gasteiger partial charge in [0, 0.05) is 13.0 Å². The highest BCUT2D eigenvalue weighted by atomic mass is 16.5. The molecule has 0 fully saturated rings. The van der Waals surface area contributed by atoms with Crippen molar-refractivity contribution < 1.29 is 14.6 Å². The molecule has 0 aliphatic rings. The van der Waals surface area contributed by atoms with Crippen molar-refractivity contribution in [2.75, 3.05) is 13.2 Å². The average molecular weight is 286 g/mol. The van der Waals surface area contributed by atoms with Crippen molar-refractivity contribution in [1.29, 1.82) is 0 Å². The highest BCUT2D eigenvalue weighted by Gasteiger charge is 2.15. The van der Waals surface area contributed by atoms with Crippen molar-refractivity contribution in [2.45, 2.75) is 84.7 Å². The summed E-state index contributed by atoms with van der Waals surface area (Å²) in [6.45, 7) is 7.21. The first kappa shape index (κ1) is 19.6. The highest BCUT2D eigenvalue weighted by molar-refractivity contribution is 5.82. The lowest BCUT2D eigenvalue weighted by Crippen LogP contribution is -2.23. The van der Waals surface area contributed by atoms with Gasteiger partial charge in [0.2, 0.25) is 0 Å². The maximum absolute atomic E-state index is 11.9. The summed E-state index contributed by atoms with van der Waals surface area (Å²) in [5.41, 5.74) is 0. The molecule has 3 heteroatoms. The quantitative estimate of drug-likeness (QED) is 0.489. The van der Waals surface area contributed by atoms with E-state index < -0.39 is 0 Å². The monoisotopic (exact) mass is 286 g/mol. The molecule has 0 spiro atoms. The second kappa shape index (κ2) is 13.6. The highest BCUT2D eigenvalue weighted by Crippen LogP contribution is 2.15. The van der Waals surface area contributed by atoms with E-state index in [0.29, 0.717) is 18.9 Å². The summed E-state index contributed by atoms with van der Waals surface area (Å²) < 4.78 is 5.75. The Kier molecular flexibility index (Phi) is 13.3. The number of hydrogen-bond donors (Lipinski definition) is 1. The summed E-state index contributed by atoms with van der Waals surface area (Å²) >= 11 is 0. The van der Waals surface area contributed by atoms with Crippen LogP contribution in [-0.2, 0) is 9.53 Å². The lowest BCUT2D eigenvalue weighted by molar-refractivity contribution is -0.130. The van der Waals surface area contributed by atoms with Crippen molar-refractivity contribution >= 4 is 5.78 Å². The van der Waals surface area contributed by atoms with Gasteiger partial charge in [-0.3, -0.25) is 4.79 Å². The van der Waals surface area contributed by atoms with Crippen molar-refractivity contribution in [2.24, 2.45) is 5.92 Å². The van der Waals surface area contributed by atoms with Crippen molar-refractivity contribution in [1.82, 2.24) is 0 Å². The Labute approximate surface area is 125 Å². The van der Waals surface area contributed by atoms with Gasteiger partial charge in [-0.2, -0.15) is 0 Å². The van der Waals surface area contributed by atoms with Gasteiger partial charge in [0.05, 0.1) is 6.61 Å². The Hall–Kier alpha value is -0.410. The SMILES string of the molecule is CCCCCC(CC)COC(C)C(=O)CCCCCO. The van der Waals surface area contributed by atoms with Gasteiger partial charge in [0.15, 0.2) is 5.78 Å². The van der Waals surface area contributed by atoms with Crippen LogP contribution in [0.5, 0.6) is 0 Å². The molecule has 0 bridgehead atoms. The van der Waals surface area contributed by atoms with Gasteiger partial charge in [0.25, 0.3) is 0 Å². The number of rotatable bonds is 14. The first-order valence-electron chi connectivity index (χ1n) is 8.40. The van der Waals surface area contributed by atoms with Crippen LogP contribution < -0.4 is 0 Å². The van der Waals surface area contributed by atoms with Gasteiger partial charge in [-0.1, -0.05) is 46.0 Å². The zero-order valence-electron chi connectivity index (χ0n) is 13.7. The van der Waals surface area contributed by atoms with Gasteiger partial charge >= 0.3 is 0 Å². The normalized spacial score (nSPS) is 14.2. The maximum Gasteiger partial charge on any atom is 0.161 e. The zero-order chi connectivity index (χ0) is 15.2. The summed E-state index contributed by atoms with van der Waals surface area (Å²) in [4.78, 5) is 11.9. The standard InChI is InChI=1S/C17H34O3/c1-4-6-8-11-16(5-2)14-20-15(3)17(19)12-9-7-10-13-18/h15-16,18H,4-14H2,1-3H3. The maximum atomic E-state index is 11.9. The number of unbranched alkanes of at least 4 members (excludes halogenated alkanes) is 4. The minimum absolute atomic E-state index is 0.200. The molecule has 0 saturated heterocycles. The van der Waals surface area contributed by atoms with Crippen LogP contribution >= 0.6 is 0 Å². The Bertz CT molecular complexity index is 228. The van der Waals surface area contributed by atoms with E-state index in [1.165, 1.54) is 25.7 Å². The number of carbonyl (C=O) groups is 1. The molecule has 120 valence electrons. The minimum Gasteiger partial charge on any atom is -0.396 e. The van der Waals surface area contributed by atoms with Crippen molar-refractivity contribution in [3.8, 4) is 0 Å². The van der Waals surface area contributed by atoms with E-state index in [2.05, 4.69) is 13.8 Å². The molecule has 0 aromatic carbocycles. The molecule has 2 atom stereocenters. The van der Waals surface area contributed by atoms with E-state index in [-0.39, 0.29) is 18.5 Å². The number of carbonyl (C=O) groups excluding carboxylic acids is 1. The lowest BCUT2D eigenvalue weighted by atomic mass is 9.99. The first-order chi connectivity index (χ1) is 9.65. The molecule has 0 rings (SSSR count). The van der Waals surface area contributed by atoms with Crippen molar-refractivity contribution in [3.63, 3.8) is 0 Å². The zero-order valence-corrected chi connectivity index (χ0v) is 13.7. The molecule has 1 N–H and O–H groups in total. The first-order valence-corrected chi connectivity index (χ1v) is 8.40. The van der Waals surface area contributed by atoms with Crippen LogP contribution in [0.15, 0.2) is 0 Å². The Morgan fingerprint density at radius 2 is 1.85 bits per heavy atom. The van der Waals surface area contributed by atoms with Crippen LogP contribution in [0.2, 0.25) is 0 Å². The summed E-state index contributed by atoms with van der Waals surface area (Å²) in [6, 6.07) is 0. The van der Waals surface area contributed by atoms with Crippen molar-refractivity contribution in [3.05, 3.63) is 0 Å². The Balaban J connectivity index is 3.76. The molecule has 0 radical (unpaired) electrons. The molecule has 0 amide bonds. The summed E-state index contributed by atoms with van der Waals surface area (Å²) in [5, 5.41) is 8.69. The molecular weight excluding hydrogens is 252 g/mol. The van der Waals surface area contributed by atoms with Gasteiger partial charge in [-0.05, 0) is 32.1 Å². The molecule has 0 saturated carbocycles. The van der Waals surface area contributed by atoms with E-state index in [1.54, 1.807) is 0 Å². The average Bonchev–Trinajstić information content (AvgIpc) is 2.46. The van der Waals surface area contributed by atoms with Gasteiger partial charge in [-0.15, -0.1) is 0 Å². The third kappa shape index (κ3) is 10.4. The largest absolute Gasteiger partial charge is 0.396 e. The molecule has 0 aromatic heterocycles. The van der Waals surface area contributed by atoms with E-state index in [4.69, 9.17) is 9.84 Å². The summed E-state index contributed by atoms with van der Waals surface area (Å²) in [6.07, 6.45) is 9.01.